The average molecular weight is 478 g/mol. The Labute approximate surface area is 208 Å². The maximum atomic E-state index is 14.3. The number of para-hydroxylation sites is 2. The molecule has 0 fully saturated rings. The highest BCUT2D eigenvalue weighted by Gasteiger charge is 2.44. The maximum absolute atomic E-state index is 14.3. The van der Waals surface area contributed by atoms with Crippen LogP contribution in [0, 0.1) is 11.2 Å². The second kappa shape index (κ2) is 8.41. The number of amides is 1. The van der Waals surface area contributed by atoms with Gasteiger partial charge in [0.1, 0.15) is 17.3 Å². The van der Waals surface area contributed by atoms with E-state index in [0.29, 0.717) is 11.1 Å². The maximum Gasteiger partial charge on any atom is 0.229 e. The van der Waals surface area contributed by atoms with Crippen LogP contribution in [0.4, 0.5) is 4.39 Å². The number of carbonyl (C=O) groups is 1. The summed E-state index contributed by atoms with van der Waals surface area (Å²) in [5, 5.41) is 4.28. The van der Waals surface area contributed by atoms with Crippen LogP contribution >= 0.6 is 0 Å². The Hall–Kier alpha value is -4.32. The summed E-state index contributed by atoms with van der Waals surface area (Å²) in [5.41, 5.74) is 2.49. The largest absolute Gasteiger partial charge is 0.457 e. The number of hydrogen-bond donors (Lipinski definition) is 1. The molecule has 0 spiro atoms. The van der Waals surface area contributed by atoms with E-state index in [1.165, 1.54) is 6.07 Å². The number of carbonyl (C=O) groups excluding carboxylic acids is 1. The minimum Gasteiger partial charge on any atom is -0.457 e. The number of halogens is 1. The fourth-order valence-electron chi connectivity index (χ4n) is 5.16. The molecule has 2 heterocycles. The highest BCUT2D eigenvalue weighted by atomic mass is 19.1. The molecular weight excluding hydrogens is 453 g/mol. The zero-order valence-corrected chi connectivity index (χ0v) is 19.9. The van der Waals surface area contributed by atoms with Crippen molar-refractivity contribution in [3.05, 3.63) is 107 Å². The average Bonchev–Trinajstić information content (AvgIpc) is 3.35. The molecule has 0 saturated heterocycles. The van der Waals surface area contributed by atoms with Gasteiger partial charge >= 0.3 is 0 Å². The summed E-state index contributed by atoms with van der Waals surface area (Å²) in [5.74, 6) is 0.839. The van der Waals surface area contributed by atoms with Gasteiger partial charge in [0.2, 0.25) is 12.2 Å². The molecule has 6 rings (SSSR count). The number of hydrogen-bond acceptors (Lipinski definition) is 4. The van der Waals surface area contributed by atoms with Gasteiger partial charge in [-0.1, -0.05) is 74.5 Å². The van der Waals surface area contributed by atoms with E-state index < -0.39 is 11.7 Å². The number of rotatable bonds is 4. The quantitative estimate of drug-likeness (QED) is 0.379. The lowest BCUT2D eigenvalue weighted by atomic mass is 9.69. The smallest absolute Gasteiger partial charge is 0.229 e. The molecule has 0 saturated carbocycles. The third-order valence-corrected chi connectivity index (χ3v) is 6.99. The van der Waals surface area contributed by atoms with Gasteiger partial charge in [-0.3, -0.25) is 4.79 Å². The standard InChI is InChI=1S/C30H24FN3O2/c1-30(2,27-21-11-5-7-13-25(21)36-26-14-8-6-12-22(26)27)28(35)34-29-32-17-24(33-29)20-15-16-23(31)19-10-4-3-9-18(19)20/h3-17,27,29H,1-2H3,(H,34,35). The topological polar surface area (TPSA) is 63.0 Å². The fraction of sp³-hybridized carbons (Fsp3) is 0.167. The first kappa shape index (κ1) is 22.2. The molecule has 1 N–H and O–H groups in total. The van der Waals surface area contributed by atoms with Crippen molar-refractivity contribution in [2.24, 2.45) is 15.4 Å². The van der Waals surface area contributed by atoms with Crippen molar-refractivity contribution < 1.29 is 13.9 Å². The molecule has 0 aromatic heterocycles. The van der Waals surface area contributed by atoms with Crippen molar-refractivity contribution >= 4 is 28.6 Å². The molecule has 5 nitrogen and oxygen atoms in total. The van der Waals surface area contributed by atoms with Crippen LogP contribution in [0.3, 0.4) is 0 Å². The summed E-state index contributed by atoms with van der Waals surface area (Å²) >= 11 is 0. The Morgan fingerprint density at radius 2 is 1.47 bits per heavy atom. The van der Waals surface area contributed by atoms with Crippen LogP contribution in [-0.2, 0) is 4.79 Å². The van der Waals surface area contributed by atoms with E-state index in [4.69, 9.17) is 4.74 Å². The Balaban J connectivity index is 1.30. The minimum absolute atomic E-state index is 0.171. The third kappa shape index (κ3) is 3.57. The highest BCUT2D eigenvalue weighted by Crippen LogP contribution is 2.51. The lowest BCUT2D eigenvalue weighted by Crippen LogP contribution is -2.45. The third-order valence-electron chi connectivity index (χ3n) is 6.99. The van der Waals surface area contributed by atoms with Crippen molar-refractivity contribution in [2.45, 2.75) is 26.1 Å². The minimum atomic E-state index is -0.827. The van der Waals surface area contributed by atoms with Crippen LogP contribution in [0.5, 0.6) is 11.5 Å². The van der Waals surface area contributed by atoms with Gasteiger partial charge in [-0.2, -0.15) is 0 Å². The number of aliphatic imine (C=N–C) groups is 2. The molecule has 1 unspecified atom stereocenters. The van der Waals surface area contributed by atoms with Crippen molar-refractivity contribution in [1.29, 1.82) is 0 Å². The van der Waals surface area contributed by atoms with Crippen molar-refractivity contribution in [3.8, 4) is 11.5 Å². The monoisotopic (exact) mass is 477 g/mol. The van der Waals surface area contributed by atoms with Gasteiger partial charge in [-0.05, 0) is 29.7 Å². The van der Waals surface area contributed by atoms with Crippen LogP contribution in [-0.4, -0.2) is 24.1 Å². The number of fused-ring (bicyclic) bond motifs is 3. The molecule has 4 aromatic rings. The molecule has 0 bridgehead atoms. The van der Waals surface area contributed by atoms with Crippen LogP contribution in [0.2, 0.25) is 0 Å². The van der Waals surface area contributed by atoms with Gasteiger partial charge in [0.25, 0.3) is 0 Å². The molecule has 2 aliphatic rings. The molecule has 2 aliphatic heterocycles. The SMILES string of the molecule is CC(C)(C(=O)NC1N=CC(c2ccc(F)c3ccccc23)=N1)C1c2ccccc2Oc2ccccc21. The van der Waals surface area contributed by atoms with E-state index in [1.54, 1.807) is 24.4 Å². The first-order chi connectivity index (χ1) is 17.4. The lowest BCUT2D eigenvalue weighted by molar-refractivity contribution is -0.130. The first-order valence-electron chi connectivity index (χ1n) is 11.9. The van der Waals surface area contributed by atoms with E-state index in [-0.39, 0.29) is 17.6 Å². The highest BCUT2D eigenvalue weighted by molar-refractivity contribution is 6.41. The second-order valence-corrected chi connectivity index (χ2v) is 9.61. The van der Waals surface area contributed by atoms with Crippen molar-refractivity contribution in [1.82, 2.24) is 5.32 Å². The second-order valence-electron chi connectivity index (χ2n) is 9.61. The predicted molar refractivity (Wildman–Crippen MR) is 139 cm³/mol. The first-order valence-corrected chi connectivity index (χ1v) is 11.9. The van der Waals surface area contributed by atoms with Crippen LogP contribution in [0.1, 0.15) is 36.5 Å². The van der Waals surface area contributed by atoms with Gasteiger partial charge in [0.15, 0.2) is 0 Å². The van der Waals surface area contributed by atoms with E-state index in [1.807, 2.05) is 74.5 Å². The zero-order valence-electron chi connectivity index (χ0n) is 19.9. The number of benzene rings is 4. The van der Waals surface area contributed by atoms with Gasteiger partial charge in [0, 0.05) is 28.0 Å². The fourth-order valence-corrected chi connectivity index (χ4v) is 5.16. The van der Waals surface area contributed by atoms with E-state index >= 15 is 0 Å². The Kier molecular flexibility index (Phi) is 5.18. The Morgan fingerprint density at radius 3 is 2.17 bits per heavy atom. The zero-order chi connectivity index (χ0) is 24.9. The lowest BCUT2D eigenvalue weighted by Gasteiger charge is -2.38. The molecule has 4 aromatic carbocycles. The molecule has 6 heteroatoms. The molecular formula is C30H24FN3O2. The molecule has 36 heavy (non-hydrogen) atoms. The molecule has 1 atom stereocenters. The van der Waals surface area contributed by atoms with Crippen LogP contribution in [0.25, 0.3) is 10.8 Å². The van der Waals surface area contributed by atoms with Crippen molar-refractivity contribution in [2.75, 3.05) is 0 Å². The summed E-state index contributed by atoms with van der Waals surface area (Å²) < 4.78 is 20.4. The number of ether oxygens (including phenoxy) is 1. The van der Waals surface area contributed by atoms with E-state index in [0.717, 1.165) is 33.6 Å². The van der Waals surface area contributed by atoms with Crippen molar-refractivity contribution in [3.63, 3.8) is 0 Å². The molecule has 1 amide bonds. The number of nitrogens with one attached hydrogen (secondary N) is 1. The normalized spacial score (nSPS) is 16.8. The molecule has 178 valence electrons. The number of nitrogens with zero attached hydrogens (tertiary/aromatic N) is 2. The Bertz CT molecular complexity index is 1530. The predicted octanol–water partition coefficient (Wildman–Crippen LogP) is 6.22. The summed E-state index contributed by atoms with van der Waals surface area (Å²) in [7, 11) is 0. The van der Waals surface area contributed by atoms with Gasteiger partial charge in [0.05, 0.1) is 17.3 Å². The van der Waals surface area contributed by atoms with Gasteiger partial charge < -0.3 is 10.1 Å². The summed E-state index contributed by atoms with van der Waals surface area (Å²) in [6.45, 7) is 3.87. The van der Waals surface area contributed by atoms with Crippen LogP contribution < -0.4 is 10.1 Å². The summed E-state index contributed by atoms with van der Waals surface area (Å²) in [6, 6.07) is 26.1. The van der Waals surface area contributed by atoms with Gasteiger partial charge in [-0.15, -0.1) is 0 Å². The Morgan fingerprint density at radius 1 is 0.861 bits per heavy atom. The van der Waals surface area contributed by atoms with Crippen LogP contribution in [0.15, 0.2) is 94.9 Å². The molecule has 0 radical (unpaired) electrons. The summed E-state index contributed by atoms with van der Waals surface area (Å²) in [4.78, 5) is 22.8. The van der Waals surface area contributed by atoms with Gasteiger partial charge in [-0.25, -0.2) is 14.4 Å². The van der Waals surface area contributed by atoms with E-state index in [2.05, 4.69) is 15.3 Å². The molecule has 0 aliphatic carbocycles. The summed E-state index contributed by atoms with van der Waals surface area (Å²) in [6.07, 6.45) is 0.886. The van der Waals surface area contributed by atoms with E-state index in [9.17, 15) is 9.18 Å².